The van der Waals surface area contributed by atoms with E-state index in [1.165, 1.54) is 0 Å². The van der Waals surface area contributed by atoms with Crippen LogP contribution in [-0.2, 0) is 5.41 Å². The maximum Gasteiger partial charge on any atom is 0.0992 e. The Morgan fingerprint density at radius 3 is 1.34 bits per heavy atom. The van der Waals surface area contributed by atoms with Gasteiger partial charge < -0.3 is 0 Å². The molecule has 0 spiro atoms. The molecule has 4 nitrogen and oxygen atoms in total. The van der Waals surface area contributed by atoms with Gasteiger partial charge in [0, 0.05) is 23.5 Å². The number of nitriles is 2. The van der Waals surface area contributed by atoms with Crippen molar-refractivity contribution >= 4 is 0 Å². The lowest BCUT2D eigenvalue weighted by atomic mass is 9.67. The standard InChI is InChI=1S/C37H22N4/c38-23-25-15-17-40-35(19-25)27-11-13-31-32-14-12-28(36-20-26(24-39)16-18-41-36)22-34(32)37(33(31)21-27,29-7-3-1-4-8-29)30-9-5-2-6-10-30/h1-22H. The van der Waals surface area contributed by atoms with Gasteiger partial charge in [-0.1, -0.05) is 84.9 Å². The van der Waals surface area contributed by atoms with Gasteiger partial charge in [0.05, 0.1) is 40.1 Å². The third-order valence-corrected chi connectivity index (χ3v) is 7.92. The first-order valence-electron chi connectivity index (χ1n) is 13.4. The molecule has 0 fully saturated rings. The van der Waals surface area contributed by atoms with E-state index in [0.29, 0.717) is 11.1 Å². The molecule has 0 radical (unpaired) electrons. The summed E-state index contributed by atoms with van der Waals surface area (Å²) in [7, 11) is 0. The summed E-state index contributed by atoms with van der Waals surface area (Å²) >= 11 is 0. The van der Waals surface area contributed by atoms with Crippen LogP contribution in [0.1, 0.15) is 33.4 Å². The maximum absolute atomic E-state index is 9.51. The minimum atomic E-state index is -0.612. The average molecular weight is 523 g/mol. The van der Waals surface area contributed by atoms with E-state index in [1.54, 1.807) is 24.5 Å². The fourth-order valence-corrected chi connectivity index (χ4v) is 6.12. The van der Waals surface area contributed by atoms with Gasteiger partial charge in [-0.2, -0.15) is 10.5 Å². The van der Waals surface area contributed by atoms with Gasteiger partial charge in [-0.05, 0) is 69.8 Å². The molecule has 0 saturated heterocycles. The van der Waals surface area contributed by atoms with Crippen molar-refractivity contribution in [1.82, 2.24) is 9.97 Å². The average Bonchev–Trinajstić information content (AvgIpc) is 3.35. The van der Waals surface area contributed by atoms with Crippen LogP contribution in [0.3, 0.4) is 0 Å². The number of nitrogens with zero attached hydrogens (tertiary/aromatic N) is 4. The highest BCUT2D eigenvalue weighted by molar-refractivity contribution is 5.89. The summed E-state index contributed by atoms with van der Waals surface area (Å²) in [6.45, 7) is 0. The topological polar surface area (TPSA) is 73.4 Å². The highest BCUT2D eigenvalue weighted by atomic mass is 14.7. The Morgan fingerprint density at radius 2 is 0.927 bits per heavy atom. The summed E-state index contributed by atoms with van der Waals surface area (Å²) in [5.41, 5.74) is 10.9. The Bertz CT molecular complexity index is 1870. The van der Waals surface area contributed by atoms with Crippen LogP contribution in [-0.4, -0.2) is 9.97 Å². The molecule has 0 aliphatic heterocycles. The molecule has 0 N–H and O–H groups in total. The quantitative estimate of drug-likeness (QED) is 0.235. The molecular weight excluding hydrogens is 500 g/mol. The molecule has 6 aromatic rings. The molecule has 41 heavy (non-hydrogen) atoms. The van der Waals surface area contributed by atoms with E-state index < -0.39 is 5.41 Å². The van der Waals surface area contributed by atoms with Gasteiger partial charge in [0.1, 0.15) is 0 Å². The molecule has 4 aromatic carbocycles. The van der Waals surface area contributed by atoms with Crippen LogP contribution in [0.5, 0.6) is 0 Å². The lowest BCUT2D eigenvalue weighted by molar-refractivity contribution is 0.769. The summed E-state index contributed by atoms with van der Waals surface area (Å²) in [5, 5.41) is 19.0. The first kappa shape index (κ1) is 24.2. The minimum Gasteiger partial charge on any atom is -0.256 e. The van der Waals surface area contributed by atoms with Crippen LogP contribution in [0.25, 0.3) is 33.6 Å². The zero-order chi connectivity index (χ0) is 27.8. The van der Waals surface area contributed by atoms with Crippen molar-refractivity contribution in [2.75, 3.05) is 0 Å². The Kier molecular flexibility index (Phi) is 5.74. The Balaban J connectivity index is 1.56. The molecule has 0 unspecified atom stereocenters. The van der Waals surface area contributed by atoms with Crippen LogP contribution < -0.4 is 0 Å². The normalized spacial score (nSPS) is 12.5. The largest absolute Gasteiger partial charge is 0.256 e. The van der Waals surface area contributed by atoms with E-state index in [4.69, 9.17) is 0 Å². The summed E-state index contributed by atoms with van der Waals surface area (Å²) < 4.78 is 0. The van der Waals surface area contributed by atoms with Gasteiger partial charge >= 0.3 is 0 Å². The monoisotopic (exact) mass is 522 g/mol. The zero-order valence-electron chi connectivity index (χ0n) is 22.0. The van der Waals surface area contributed by atoms with Gasteiger partial charge in [0.2, 0.25) is 0 Å². The van der Waals surface area contributed by atoms with Gasteiger partial charge in [-0.3, -0.25) is 9.97 Å². The Morgan fingerprint density at radius 1 is 0.488 bits per heavy atom. The second-order valence-corrected chi connectivity index (χ2v) is 10.1. The van der Waals surface area contributed by atoms with Crippen molar-refractivity contribution in [3.63, 3.8) is 0 Å². The molecule has 2 aromatic heterocycles. The maximum atomic E-state index is 9.51. The van der Waals surface area contributed by atoms with Gasteiger partial charge in [0.25, 0.3) is 0 Å². The number of hydrogen-bond donors (Lipinski definition) is 0. The third-order valence-electron chi connectivity index (χ3n) is 7.92. The number of fused-ring (bicyclic) bond motifs is 3. The fourth-order valence-electron chi connectivity index (χ4n) is 6.12. The molecule has 7 rings (SSSR count). The summed E-state index contributed by atoms with van der Waals surface area (Å²) in [6, 6.07) is 45.7. The number of pyridine rings is 2. The zero-order valence-corrected chi connectivity index (χ0v) is 22.0. The molecule has 0 bridgehead atoms. The Hall–Kier alpha value is -5.84. The molecule has 0 amide bonds. The number of rotatable bonds is 4. The molecule has 0 atom stereocenters. The van der Waals surface area contributed by atoms with Crippen molar-refractivity contribution in [1.29, 1.82) is 10.5 Å². The predicted octanol–water partition coefficient (Wildman–Crippen LogP) is 7.92. The van der Waals surface area contributed by atoms with Crippen LogP contribution in [0.2, 0.25) is 0 Å². The van der Waals surface area contributed by atoms with Crippen LogP contribution >= 0.6 is 0 Å². The molecule has 2 heterocycles. The summed E-state index contributed by atoms with van der Waals surface area (Å²) in [6.07, 6.45) is 3.37. The minimum absolute atomic E-state index is 0.577. The highest BCUT2D eigenvalue weighted by Crippen LogP contribution is 2.57. The van der Waals surface area contributed by atoms with E-state index in [-0.39, 0.29) is 0 Å². The number of benzene rings is 4. The first-order valence-corrected chi connectivity index (χ1v) is 13.4. The first-order chi connectivity index (χ1) is 20.2. The molecule has 1 aliphatic rings. The molecule has 1 aliphatic carbocycles. The van der Waals surface area contributed by atoms with Crippen molar-refractivity contribution in [3.8, 4) is 45.8 Å². The molecule has 0 saturated carbocycles. The highest BCUT2D eigenvalue weighted by Gasteiger charge is 2.46. The van der Waals surface area contributed by atoms with Crippen LogP contribution in [0, 0.1) is 22.7 Å². The third kappa shape index (κ3) is 3.82. The van der Waals surface area contributed by atoms with Crippen molar-refractivity contribution in [2.45, 2.75) is 5.41 Å². The van der Waals surface area contributed by atoms with E-state index in [1.807, 2.05) is 24.3 Å². The van der Waals surface area contributed by atoms with Crippen LogP contribution in [0.4, 0.5) is 0 Å². The lowest BCUT2D eigenvalue weighted by Gasteiger charge is -2.34. The molecule has 4 heteroatoms. The summed E-state index contributed by atoms with van der Waals surface area (Å²) in [5.74, 6) is 0. The van der Waals surface area contributed by atoms with Crippen molar-refractivity contribution in [3.05, 3.63) is 167 Å². The molecule has 190 valence electrons. The van der Waals surface area contributed by atoms with Gasteiger partial charge in [-0.15, -0.1) is 0 Å². The number of hydrogen-bond acceptors (Lipinski definition) is 4. The smallest absolute Gasteiger partial charge is 0.0992 e. The number of aromatic nitrogens is 2. The van der Waals surface area contributed by atoms with E-state index in [2.05, 4.69) is 107 Å². The van der Waals surface area contributed by atoms with Crippen molar-refractivity contribution in [2.24, 2.45) is 0 Å². The predicted molar refractivity (Wildman–Crippen MR) is 160 cm³/mol. The lowest BCUT2D eigenvalue weighted by Crippen LogP contribution is -2.28. The van der Waals surface area contributed by atoms with E-state index in [0.717, 1.165) is 55.9 Å². The SMILES string of the molecule is N#Cc1ccnc(-c2ccc3c(c2)C(c2ccccc2)(c2ccccc2)c2cc(-c4cc(C#N)ccn4)ccc2-3)c1. The summed E-state index contributed by atoms with van der Waals surface area (Å²) in [4.78, 5) is 9.22. The van der Waals surface area contributed by atoms with Gasteiger partial charge in [0.15, 0.2) is 0 Å². The second-order valence-electron chi connectivity index (χ2n) is 10.1. The Labute approximate surface area is 238 Å². The molecular formula is C37H22N4. The van der Waals surface area contributed by atoms with E-state index >= 15 is 0 Å². The van der Waals surface area contributed by atoms with Gasteiger partial charge in [-0.25, -0.2) is 0 Å². The van der Waals surface area contributed by atoms with Crippen molar-refractivity contribution < 1.29 is 0 Å². The van der Waals surface area contributed by atoms with E-state index in [9.17, 15) is 10.5 Å². The second kappa shape index (κ2) is 9.72. The fraction of sp³-hybridized carbons (Fsp3) is 0.0270. The van der Waals surface area contributed by atoms with Crippen LogP contribution in [0.15, 0.2) is 134 Å².